The second-order valence-electron chi connectivity index (χ2n) is 4.59. The first-order valence-electron chi connectivity index (χ1n) is 5.35. The van der Waals surface area contributed by atoms with E-state index >= 15 is 0 Å². The average molecular weight is 202 g/mol. The third-order valence-electron chi connectivity index (χ3n) is 3.42. The van der Waals surface area contributed by atoms with Gasteiger partial charge in [-0.25, -0.2) is 0 Å². The number of aliphatic hydroxyl groups is 1. The second-order valence-corrected chi connectivity index (χ2v) is 4.59. The maximum atomic E-state index is 9.31. The lowest BCUT2D eigenvalue weighted by Crippen LogP contribution is -2.10. The molecular formula is C12H14N2O. The van der Waals surface area contributed by atoms with Crippen molar-refractivity contribution in [2.75, 3.05) is 6.61 Å². The fourth-order valence-corrected chi connectivity index (χ4v) is 2.15. The van der Waals surface area contributed by atoms with Crippen molar-refractivity contribution in [1.29, 1.82) is 0 Å². The third-order valence-corrected chi connectivity index (χ3v) is 3.42. The van der Waals surface area contributed by atoms with E-state index < -0.39 is 0 Å². The summed E-state index contributed by atoms with van der Waals surface area (Å²) < 4.78 is 0. The van der Waals surface area contributed by atoms with Gasteiger partial charge in [0, 0.05) is 12.0 Å². The molecule has 3 nitrogen and oxygen atoms in total. The number of benzene rings is 1. The predicted molar refractivity (Wildman–Crippen MR) is 58.6 cm³/mol. The van der Waals surface area contributed by atoms with Crippen molar-refractivity contribution < 1.29 is 5.11 Å². The van der Waals surface area contributed by atoms with E-state index in [1.54, 1.807) is 0 Å². The van der Waals surface area contributed by atoms with E-state index in [1.807, 2.05) is 6.20 Å². The van der Waals surface area contributed by atoms with Gasteiger partial charge in [-0.15, -0.1) is 0 Å². The molecule has 0 radical (unpaired) electrons. The van der Waals surface area contributed by atoms with Gasteiger partial charge in [0.2, 0.25) is 0 Å². The lowest BCUT2D eigenvalue weighted by atomic mass is 9.96. The monoisotopic (exact) mass is 202 g/mol. The Labute approximate surface area is 88.1 Å². The number of aromatic amines is 1. The maximum absolute atomic E-state index is 9.31. The number of nitrogens with one attached hydrogen (secondary N) is 1. The molecule has 1 aliphatic carbocycles. The Balaban J connectivity index is 2.00. The van der Waals surface area contributed by atoms with Crippen LogP contribution in [0.5, 0.6) is 0 Å². The summed E-state index contributed by atoms with van der Waals surface area (Å²) in [5, 5.41) is 17.6. The van der Waals surface area contributed by atoms with Gasteiger partial charge in [0.25, 0.3) is 0 Å². The first kappa shape index (κ1) is 8.92. The highest BCUT2D eigenvalue weighted by molar-refractivity contribution is 5.81. The van der Waals surface area contributed by atoms with E-state index in [1.165, 1.54) is 5.56 Å². The number of hydrogen-bond donors (Lipinski definition) is 2. The molecule has 1 aromatic carbocycles. The van der Waals surface area contributed by atoms with Crippen LogP contribution in [-0.4, -0.2) is 21.9 Å². The zero-order chi connectivity index (χ0) is 10.3. The molecule has 2 N–H and O–H groups in total. The van der Waals surface area contributed by atoms with Crippen LogP contribution in [0.3, 0.4) is 0 Å². The maximum Gasteiger partial charge on any atom is 0.0682 e. The summed E-state index contributed by atoms with van der Waals surface area (Å²) in [5.41, 5.74) is 2.56. The van der Waals surface area contributed by atoms with E-state index in [4.69, 9.17) is 0 Å². The summed E-state index contributed by atoms with van der Waals surface area (Å²) in [6.07, 6.45) is 5.10. The standard InChI is InChI=1S/C12H14N2O/c15-8-12(4-5-12)6-9-2-1-3-10-7-13-14-11(9)10/h1-3,7,15H,4-6,8H2,(H,13,14). The summed E-state index contributed by atoms with van der Waals surface area (Å²) in [5.74, 6) is 0. The Morgan fingerprint density at radius 2 is 2.27 bits per heavy atom. The van der Waals surface area contributed by atoms with Crippen molar-refractivity contribution >= 4 is 10.9 Å². The third kappa shape index (κ3) is 1.43. The van der Waals surface area contributed by atoms with E-state index in [2.05, 4.69) is 28.4 Å². The summed E-state index contributed by atoms with van der Waals surface area (Å²) in [7, 11) is 0. The summed E-state index contributed by atoms with van der Waals surface area (Å²) >= 11 is 0. The van der Waals surface area contributed by atoms with Gasteiger partial charge < -0.3 is 5.11 Å². The zero-order valence-electron chi connectivity index (χ0n) is 8.53. The Morgan fingerprint density at radius 1 is 1.40 bits per heavy atom. The SMILES string of the molecule is OCC1(Cc2cccc3cn[nH]c23)CC1. The smallest absolute Gasteiger partial charge is 0.0682 e. The first-order valence-corrected chi connectivity index (χ1v) is 5.35. The van der Waals surface area contributed by atoms with Crippen LogP contribution in [-0.2, 0) is 6.42 Å². The molecule has 1 aromatic heterocycles. The number of para-hydroxylation sites is 1. The summed E-state index contributed by atoms with van der Waals surface area (Å²) in [6.45, 7) is 0.303. The van der Waals surface area contributed by atoms with Crippen LogP contribution in [0.1, 0.15) is 18.4 Å². The molecule has 78 valence electrons. The van der Waals surface area contributed by atoms with Gasteiger partial charge in [0.1, 0.15) is 0 Å². The molecule has 2 aromatic rings. The molecule has 3 rings (SSSR count). The highest BCUT2D eigenvalue weighted by atomic mass is 16.3. The van der Waals surface area contributed by atoms with Gasteiger partial charge in [0.15, 0.2) is 0 Å². The molecule has 0 aliphatic heterocycles. The van der Waals surface area contributed by atoms with Gasteiger partial charge >= 0.3 is 0 Å². The molecular weight excluding hydrogens is 188 g/mol. The van der Waals surface area contributed by atoms with Gasteiger partial charge in [-0.1, -0.05) is 18.2 Å². The molecule has 3 heteroatoms. The quantitative estimate of drug-likeness (QED) is 0.798. The minimum atomic E-state index is 0.166. The minimum absolute atomic E-state index is 0.166. The Kier molecular flexibility index (Phi) is 1.83. The fraction of sp³-hybridized carbons (Fsp3) is 0.417. The Hall–Kier alpha value is -1.35. The molecule has 0 atom stereocenters. The molecule has 0 saturated heterocycles. The molecule has 0 bridgehead atoms. The number of rotatable bonds is 3. The van der Waals surface area contributed by atoms with Crippen LogP contribution in [0.2, 0.25) is 0 Å². The van der Waals surface area contributed by atoms with Crippen molar-refractivity contribution in [2.24, 2.45) is 5.41 Å². The second kappa shape index (κ2) is 3.07. The summed E-state index contributed by atoms with van der Waals surface area (Å²) in [4.78, 5) is 0. The van der Waals surface area contributed by atoms with Crippen LogP contribution in [0.25, 0.3) is 10.9 Å². The van der Waals surface area contributed by atoms with Crippen LogP contribution in [0, 0.1) is 5.41 Å². The largest absolute Gasteiger partial charge is 0.396 e. The van der Waals surface area contributed by atoms with E-state index in [0.717, 1.165) is 30.2 Å². The highest BCUT2D eigenvalue weighted by Gasteiger charge is 2.42. The van der Waals surface area contributed by atoms with Gasteiger partial charge in [0.05, 0.1) is 11.7 Å². The van der Waals surface area contributed by atoms with Crippen LogP contribution >= 0.6 is 0 Å². The molecule has 0 unspecified atom stereocenters. The van der Waals surface area contributed by atoms with E-state index in [9.17, 15) is 5.11 Å². The molecule has 0 amide bonds. The topological polar surface area (TPSA) is 48.9 Å². The average Bonchev–Trinajstić information content (AvgIpc) is 2.87. The fourth-order valence-electron chi connectivity index (χ4n) is 2.15. The van der Waals surface area contributed by atoms with Crippen molar-refractivity contribution in [1.82, 2.24) is 10.2 Å². The van der Waals surface area contributed by atoms with Crippen molar-refractivity contribution in [3.8, 4) is 0 Å². The number of H-pyrrole nitrogens is 1. The molecule has 0 spiro atoms. The highest BCUT2D eigenvalue weighted by Crippen LogP contribution is 2.48. The molecule has 1 fully saturated rings. The van der Waals surface area contributed by atoms with Crippen LogP contribution in [0.15, 0.2) is 24.4 Å². The summed E-state index contributed by atoms with van der Waals surface area (Å²) in [6, 6.07) is 6.23. The van der Waals surface area contributed by atoms with Crippen LogP contribution < -0.4 is 0 Å². The van der Waals surface area contributed by atoms with Gasteiger partial charge in [-0.3, -0.25) is 5.10 Å². The number of aliphatic hydroxyl groups excluding tert-OH is 1. The Morgan fingerprint density at radius 3 is 3.00 bits per heavy atom. The lowest BCUT2D eigenvalue weighted by molar-refractivity contribution is 0.211. The molecule has 1 aliphatic rings. The van der Waals surface area contributed by atoms with Crippen molar-refractivity contribution in [3.05, 3.63) is 30.0 Å². The van der Waals surface area contributed by atoms with Gasteiger partial charge in [-0.2, -0.15) is 5.10 Å². The van der Waals surface area contributed by atoms with Crippen molar-refractivity contribution in [3.63, 3.8) is 0 Å². The van der Waals surface area contributed by atoms with E-state index in [-0.39, 0.29) is 5.41 Å². The number of aromatic nitrogens is 2. The number of nitrogens with zero attached hydrogens (tertiary/aromatic N) is 1. The molecule has 15 heavy (non-hydrogen) atoms. The van der Waals surface area contributed by atoms with Crippen LogP contribution in [0.4, 0.5) is 0 Å². The molecule has 1 heterocycles. The van der Waals surface area contributed by atoms with Gasteiger partial charge in [-0.05, 0) is 30.2 Å². The first-order chi connectivity index (χ1) is 7.33. The number of fused-ring (bicyclic) bond motifs is 1. The Bertz CT molecular complexity index is 485. The minimum Gasteiger partial charge on any atom is -0.396 e. The number of hydrogen-bond acceptors (Lipinski definition) is 2. The predicted octanol–water partition coefficient (Wildman–Crippen LogP) is 1.88. The van der Waals surface area contributed by atoms with Crippen molar-refractivity contribution in [2.45, 2.75) is 19.3 Å². The zero-order valence-corrected chi connectivity index (χ0v) is 8.53. The van der Waals surface area contributed by atoms with E-state index in [0.29, 0.717) is 6.61 Å². The normalized spacial score (nSPS) is 18.2. The molecule has 1 saturated carbocycles. The lowest BCUT2D eigenvalue weighted by Gasteiger charge is -2.11.